The van der Waals surface area contributed by atoms with Gasteiger partial charge in [0.25, 0.3) is 0 Å². The maximum Gasteiger partial charge on any atom is 0.127 e. The molecule has 1 aromatic carbocycles. The summed E-state index contributed by atoms with van der Waals surface area (Å²) in [5.74, 6) is 2.07. The van der Waals surface area contributed by atoms with Gasteiger partial charge in [-0.3, -0.25) is 0 Å². The number of benzene rings is 1. The molecule has 0 saturated heterocycles. The predicted molar refractivity (Wildman–Crippen MR) is 64.5 cm³/mol. The molecule has 1 heterocycles. The van der Waals surface area contributed by atoms with Gasteiger partial charge in [0.1, 0.15) is 17.6 Å². The second-order valence-corrected chi connectivity index (χ2v) is 5.67. The number of hydrogen-bond acceptors (Lipinski definition) is 3. The van der Waals surface area contributed by atoms with Crippen molar-refractivity contribution < 1.29 is 9.47 Å². The van der Waals surface area contributed by atoms with E-state index in [9.17, 15) is 0 Å². The SMILES string of the molecule is N[C@H]1C[C@@H](Oc2cccc3c2C2(CC2)CO3)C1. The van der Waals surface area contributed by atoms with Crippen LogP contribution in [0.3, 0.4) is 0 Å². The molecule has 3 heteroatoms. The zero-order valence-electron chi connectivity index (χ0n) is 9.82. The van der Waals surface area contributed by atoms with Gasteiger partial charge < -0.3 is 15.2 Å². The molecular weight excluding hydrogens is 214 g/mol. The molecule has 1 aliphatic heterocycles. The molecule has 2 N–H and O–H groups in total. The molecule has 0 atom stereocenters. The molecule has 3 nitrogen and oxygen atoms in total. The van der Waals surface area contributed by atoms with Gasteiger partial charge in [-0.1, -0.05) is 6.07 Å². The monoisotopic (exact) mass is 231 g/mol. The zero-order valence-corrected chi connectivity index (χ0v) is 9.82. The average molecular weight is 231 g/mol. The fourth-order valence-electron chi connectivity index (χ4n) is 2.97. The van der Waals surface area contributed by atoms with E-state index in [-0.39, 0.29) is 5.41 Å². The van der Waals surface area contributed by atoms with Gasteiger partial charge in [-0.2, -0.15) is 0 Å². The summed E-state index contributed by atoms with van der Waals surface area (Å²) in [5.41, 5.74) is 7.41. The van der Waals surface area contributed by atoms with E-state index in [0.29, 0.717) is 12.1 Å². The Morgan fingerprint density at radius 2 is 2.12 bits per heavy atom. The first-order valence-electron chi connectivity index (χ1n) is 6.45. The third-order valence-corrected chi connectivity index (χ3v) is 4.30. The van der Waals surface area contributed by atoms with Crippen LogP contribution in [0.1, 0.15) is 31.2 Å². The zero-order chi connectivity index (χ0) is 11.5. The normalized spacial score (nSPS) is 31.6. The molecule has 3 aliphatic rings. The van der Waals surface area contributed by atoms with Gasteiger partial charge in [0.2, 0.25) is 0 Å². The minimum atomic E-state index is 0.289. The number of ether oxygens (including phenoxy) is 2. The molecule has 2 aliphatic carbocycles. The van der Waals surface area contributed by atoms with Crippen molar-refractivity contribution in [1.29, 1.82) is 0 Å². The molecule has 0 aromatic heterocycles. The molecule has 90 valence electrons. The van der Waals surface area contributed by atoms with Crippen LogP contribution in [0.25, 0.3) is 0 Å². The molecule has 0 bridgehead atoms. The summed E-state index contributed by atoms with van der Waals surface area (Å²) in [7, 11) is 0. The van der Waals surface area contributed by atoms with E-state index < -0.39 is 0 Å². The largest absolute Gasteiger partial charge is 0.492 e. The molecular formula is C14H17NO2. The average Bonchev–Trinajstić information content (AvgIpc) is 2.95. The van der Waals surface area contributed by atoms with E-state index in [1.807, 2.05) is 6.07 Å². The van der Waals surface area contributed by atoms with Gasteiger partial charge in [0, 0.05) is 17.0 Å². The first kappa shape index (κ1) is 9.77. The Labute approximate surface area is 101 Å². The van der Waals surface area contributed by atoms with Gasteiger partial charge in [0.05, 0.1) is 6.61 Å². The lowest BCUT2D eigenvalue weighted by atomic mass is 9.90. The minimum Gasteiger partial charge on any atom is -0.492 e. The summed E-state index contributed by atoms with van der Waals surface area (Å²) < 4.78 is 11.8. The van der Waals surface area contributed by atoms with Gasteiger partial charge >= 0.3 is 0 Å². The Hall–Kier alpha value is -1.22. The highest BCUT2D eigenvalue weighted by atomic mass is 16.5. The highest BCUT2D eigenvalue weighted by Crippen LogP contribution is 2.58. The van der Waals surface area contributed by atoms with E-state index in [0.717, 1.165) is 30.9 Å². The van der Waals surface area contributed by atoms with Crippen molar-refractivity contribution in [3.63, 3.8) is 0 Å². The van der Waals surface area contributed by atoms with E-state index >= 15 is 0 Å². The molecule has 0 unspecified atom stereocenters. The first-order valence-corrected chi connectivity index (χ1v) is 6.45. The lowest BCUT2D eigenvalue weighted by molar-refractivity contribution is 0.0994. The molecule has 1 aromatic rings. The van der Waals surface area contributed by atoms with Crippen LogP contribution >= 0.6 is 0 Å². The lowest BCUT2D eigenvalue weighted by Gasteiger charge is -2.33. The van der Waals surface area contributed by atoms with Gasteiger partial charge in [-0.15, -0.1) is 0 Å². The van der Waals surface area contributed by atoms with E-state index in [2.05, 4.69) is 12.1 Å². The Morgan fingerprint density at radius 3 is 2.82 bits per heavy atom. The molecule has 0 radical (unpaired) electrons. The molecule has 2 saturated carbocycles. The Balaban J connectivity index is 1.65. The number of fused-ring (bicyclic) bond motifs is 2. The Kier molecular flexibility index (Phi) is 1.82. The highest BCUT2D eigenvalue weighted by molar-refractivity contribution is 5.55. The van der Waals surface area contributed by atoms with Crippen LogP contribution in [0, 0.1) is 0 Å². The molecule has 0 amide bonds. The molecule has 17 heavy (non-hydrogen) atoms. The van der Waals surface area contributed by atoms with Crippen molar-refractivity contribution in [2.24, 2.45) is 5.73 Å². The summed E-state index contributed by atoms with van der Waals surface area (Å²) in [6, 6.07) is 6.50. The minimum absolute atomic E-state index is 0.289. The molecule has 2 fully saturated rings. The lowest BCUT2D eigenvalue weighted by Crippen LogP contribution is -2.43. The number of nitrogens with two attached hydrogens (primary N) is 1. The third-order valence-electron chi connectivity index (χ3n) is 4.30. The fourth-order valence-corrected chi connectivity index (χ4v) is 2.97. The quantitative estimate of drug-likeness (QED) is 0.846. The molecule has 1 spiro atoms. The molecule has 4 rings (SSSR count). The third kappa shape index (κ3) is 1.38. The van der Waals surface area contributed by atoms with Crippen LogP contribution in [0.15, 0.2) is 18.2 Å². The Morgan fingerprint density at radius 1 is 1.29 bits per heavy atom. The van der Waals surface area contributed by atoms with Gasteiger partial charge in [-0.05, 0) is 37.8 Å². The number of hydrogen-bond donors (Lipinski definition) is 1. The smallest absolute Gasteiger partial charge is 0.127 e. The van der Waals surface area contributed by atoms with E-state index in [1.54, 1.807) is 0 Å². The van der Waals surface area contributed by atoms with Crippen LogP contribution in [0.5, 0.6) is 11.5 Å². The van der Waals surface area contributed by atoms with Crippen molar-refractivity contribution in [3.8, 4) is 11.5 Å². The van der Waals surface area contributed by atoms with Crippen LogP contribution in [0.4, 0.5) is 0 Å². The summed E-state index contributed by atoms with van der Waals surface area (Å²) in [4.78, 5) is 0. The summed E-state index contributed by atoms with van der Waals surface area (Å²) in [5, 5.41) is 0. The second kappa shape index (κ2) is 3.16. The van der Waals surface area contributed by atoms with Crippen molar-refractivity contribution in [2.75, 3.05) is 6.61 Å². The van der Waals surface area contributed by atoms with Crippen LogP contribution in [-0.2, 0) is 5.41 Å². The van der Waals surface area contributed by atoms with Gasteiger partial charge in [0.15, 0.2) is 0 Å². The van der Waals surface area contributed by atoms with Gasteiger partial charge in [-0.25, -0.2) is 0 Å². The topological polar surface area (TPSA) is 44.5 Å². The maximum absolute atomic E-state index is 6.08. The number of rotatable bonds is 2. The summed E-state index contributed by atoms with van der Waals surface area (Å²) in [6.07, 6.45) is 4.76. The van der Waals surface area contributed by atoms with E-state index in [4.69, 9.17) is 15.2 Å². The maximum atomic E-state index is 6.08. The first-order chi connectivity index (χ1) is 8.27. The summed E-state index contributed by atoms with van der Waals surface area (Å²) in [6.45, 7) is 0.840. The fraction of sp³-hybridized carbons (Fsp3) is 0.571. The van der Waals surface area contributed by atoms with Crippen molar-refractivity contribution in [3.05, 3.63) is 23.8 Å². The van der Waals surface area contributed by atoms with Crippen LogP contribution < -0.4 is 15.2 Å². The predicted octanol–water partition coefficient (Wildman–Crippen LogP) is 1.98. The summed E-state index contributed by atoms with van der Waals surface area (Å²) >= 11 is 0. The van der Waals surface area contributed by atoms with Crippen molar-refractivity contribution in [1.82, 2.24) is 0 Å². The van der Waals surface area contributed by atoms with Crippen molar-refractivity contribution >= 4 is 0 Å². The standard InChI is InChI=1S/C14H17NO2/c15-9-6-10(7-9)17-12-3-1-2-11-13(12)14(4-5-14)8-16-11/h1-3,9-10H,4-8,15H2/t9-,10+. The Bertz CT molecular complexity index is 461. The van der Waals surface area contributed by atoms with Crippen LogP contribution in [0.2, 0.25) is 0 Å². The second-order valence-electron chi connectivity index (χ2n) is 5.67. The van der Waals surface area contributed by atoms with Crippen LogP contribution in [-0.4, -0.2) is 18.8 Å². The van der Waals surface area contributed by atoms with Crippen molar-refractivity contribution in [2.45, 2.75) is 43.2 Å². The van der Waals surface area contributed by atoms with E-state index in [1.165, 1.54) is 18.4 Å². The highest BCUT2D eigenvalue weighted by Gasteiger charge is 2.52.